The lowest BCUT2D eigenvalue weighted by Crippen LogP contribution is -1.91. The van der Waals surface area contributed by atoms with Crippen LogP contribution in [0.15, 0.2) is 55.9 Å². The first-order valence-corrected chi connectivity index (χ1v) is 7.62. The summed E-state index contributed by atoms with van der Waals surface area (Å²) >= 11 is 6.79. The van der Waals surface area contributed by atoms with Crippen LogP contribution in [0.5, 0.6) is 0 Å². The lowest BCUT2D eigenvalue weighted by atomic mass is 10.0. The predicted octanol–water partition coefficient (Wildman–Crippen LogP) is 5.25. The average Bonchev–Trinajstić information content (AvgIpc) is 2.84. The van der Waals surface area contributed by atoms with E-state index in [0.29, 0.717) is 16.9 Å². The molecule has 2 N–H and O–H groups in total. The molecule has 0 amide bonds. The van der Waals surface area contributed by atoms with Crippen molar-refractivity contribution in [1.82, 2.24) is 5.16 Å². The Balaban J connectivity index is 2.27. The highest BCUT2D eigenvalue weighted by Crippen LogP contribution is 2.41. The first-order valence-electron chi connectivity index (χ1n) is 6.03. The number of benzene rings is 2. The van der Waals surface area contributed by atoms with Gasteiger partial charge >= 0.3 is 0 Å². The van der Waals surface area contributed by atoms with Crippen LogP contribution in [-0.4, -0.2) is 5.16 Å². The summed E-state index contributed by atoms with van der Waals surface area (Å²) in [4.78, 5) is 0. The number of nitrogens with zero attached hydrogens (tertiary/aromatic N) is 1. The summed E-state index contributed by atoms with van der Waals surface area (Å²) in [6.07, 6.45) is 0. The van der Waals surface area contributed by atoms with E-state index in [1.165, 1.54) is 6.07 Å². The lowest BCUT2D eigenvalue weighted by Gasteiger charge is -2.06. The molecule has 3 rings (SSSR count). The van der Waals surface area contributed by atoms with Crippen molar-refractivity contribution >= 4 is 37.7 Å². The van der Waals surface area contributed by atoms with Crippen molar-refractivity contribution < 1.29 is 8.91 Å². The minimum absolute atomic E-state index is 0.219. The minimum Gasteiger partial charge on any atom is -0.380 e. The largest absolute Gasteiger partial charge is 0.380 e. The van der Waals surface area contributed by atoms with Crippen molar-refractivity contribution in [3.05, 3.63) is 57.2 Å². The van der Waals surface area contributed by atoms with Crippen molar-refractivity contribution in [3.8, 4) is 22.5 Å². The van der Waals surface area contributed by atoms with E-state index in [2.05, 4.69) is 37.0 Å². The second-order valence-electron chi connectivity index (χ2n) is 4.38. The van der Waals surface area contributed by atoms with E-state index in [0.717, 1.165) is 14.5 Å². The molecule has 106 valence electrons. The zero-order valence-electron chi connectivity index (χ0n) is 10.6. The Morgan fingerprint density at radius 2 is 1.81 bits per heavy atom. The van der Waals surface area contributed by atoms with Gasteiger partial charge in [0, 0.05) is 14.5 Å². The fraction of sp³-hybridized carbons (Fsp3) is 0. The van der Waals surface area contributed by atoms with Crippen LogP contribution in [-0.2, 0) is 0 Å². The number of anilines is 1. The molecule has 0 atom stereocenters. The van der Waals surface area contributed by atoms with Crippen molar-refractivity contribution in [3.63, 3.8) is 0 Å². The molecule has 0 aliphatic rings. The fourth-order valence-electron chi connectivity index (χ4n) is 2.08. The molecule has 0 aliphatic carbocycles. The standard InChI is InChI=1S/C15H9Br2FN2O/c16-8-5-6-12(18)10(7-8)14-13(15(19)20-21-14)9-3-1-2-4-11(9)17/h1-7H,(H2,19,20). The van der Waals surface area contributed by atoms with Crippen LogP contribution in [0.4, 0.5) is 10.2 Å². The van der Waals surface area contributed by atoms with Gasteiger partial charge in [0.1, 0.15) is 5.82 Å². The molecule has 6 heteroatoms. The lowest BCUT2D eigenvalue weighted by molar-refractivity contribution is 0.433. The van der Waals surface area contributed by atoms with Gasteiger partial charge in [0.2, 0.25) is 0 Å². The molecule has 0 spiro atoms. The molecule has 0 fully saturated rings. The van der Waals surface area contributed by atoms with E-state index < -0.39 is 5.82 Å². The molecule has 0 saturated carbocycles. The summed E-state index contributed by atoms with van der Waals surface area (Å²) in [5, 5.41) is 3.78. The maximum absolute atomic E-state index is 14.1. The van der Waals surface area contributed by atoms with E-state index in [1.54, 1.807) is 12.1 Å². The van der Waals surface area contributed by atoms with Gasteiger partial charge in [-0.05, 0) is 24.3 Å². The summed E-state index contributed by atoms with van der Waals surface area (Å²) in [6, 6.07) is 12.1. The second-order valence-corrected chi connectivity index (χ2v) is 6.15. The van der Waals surface area contributed by atoms with Crippen LogP contribution in [0.1, 0.15) is 0 Å². The Kier molecular flexibility index (Phi) is 3.82. The summed E-state index contributed by atoms with van der Waals surface area (Å²) in [5.74, 6) is 0.122. The molecule has 0 saturated heterocycles. The monoisotopic (exact) mass is 410 g/mol. The maximum Gasteiger partial charge on any atom is 0.179 e. The third-order valence-electron chi connectivity index (χ3n) is 3.03. The van der Waals surface area contributed by atoms with E-state index in [4.69, 9.17) is 10.3 Å². The molecule has 0 unspecified atom stereocenters. The molecule has 0 bridgehead atoms. The number of aromatic nitrogens is 1. The van der Waals surface area contributed by atoms with Crippen LogP contribution >= 0.6 is 31.9 Å². The van der Waals surface area contributed by atoms with Crippen molar-refractivity contribution in [1.29, 1.82) is 0 Å². The van der Waals surface area contributed by atoms with Gasteiger partial charge < -0.3 is 10.3 Å². The normalized spacial score (nSPS) is 10.8. The van der Waals surface area contributed by atoms with Gasteiger partial charge in [-0.25, -0.2) is 4.39 Å². The molecule has 1 aromatic heterocycles. The smallest absolute Gasteiger partial charge is 0.179 e. The zero-order chi connectivity index (χ0) is 15.0. The zero-order valence-corrected chi connectivity index (χ0v) is 13.8. The second kappa shape index (κ2) is 5.61. The summed E-state index contributed by atoms with van der Waals surface area (Å²) in [5.41, 5.74) is 7.58. The van der Waals surface area contributed by atoms with Gasteiger partial charge in [-0.2, -0.15) is 0 Å². The van der Waals surface area contributed by atoms with Crippen molar-refractivity contribution in [2.24, 2.45) is 0 Å². The van der Waals surface area contributed by atoms with E-state index in [1.807, 2.05) is 24.3 Å². The molecule has 3 aromatic rings. The van der Waals surface area contributed by atoms with Gasteiger partial charge in [-0.15, -0.1) is 0 Å². The number of rotatable bonds is 2. The SMILES string of the molecule is Nc1noc(-c2cc(Br)ccc2F)c1-c1ccccc1Br. The van der Waals surface area contributed by atoms with Crippen molar-refractivity contribution in [2.75, 3.05) is 5.73 Å². The highest BCUT2D eigenvalue weighted by Gasteiger charge is 2.21. The first-order chi connectivity index (χ1) is 10.1. The van der Waals surface area contributed by atoms with Crippen LogP contribution in [0.3, 0.4) is 0 Å². The third-order valence-corrected chi connectivity index (χ3v) is 4.22. The number of halogens is 3. The van der Waals surface area contributed by atoms with Gasteiger partial charge in [0.05, 0.1) is 11.1 Å². The molecule has 0 aliphatic heterocycles. The highest BCUT2D eigenvalue weighted by molar-refractivity contribution is 9.10. The quantitative estimate of drug-likeness (QED) is 0.626. The Bertz CT molecular complexity index is 817. The van der Waals surface area contributed by atoms with Crippen LogP contribution in [0.2, 0.25) is 0 Å². The Morgan fingerprint density at radius 1 is 1.05 bits per heavy atom. The molecule has 1 heterocycles. The van der Waals surface area contributed by atoms with Crippen LogP contribution < -0.4 is 5.73 Å². The summed E-state index contributed by atoms with van der Waals surface area (Å²) in [6.45, 7) is 0. The number of nitrogen functional groups attached to an aromatic ring is 1. The molecular formula is C15H9Br2FN2O. The maximum atomic E-state index is 14.1. The van der Waals surface area contributed by atoms with E-state index in [-0.39, 0.29) is 5.82 Å². The molecule has 21 heavy (non-hydrogen) atoms. The van der Waals surface area contributed by atoms with Gasteiger partial charge in [-0.3, -0.25) is 0 Å². The van der Waals surface area contributed by atoms with Gasteiger partial charge in [-0.1, -0.05) is 55.2 Å². The third kappa shape index (κ3) is 2.61. The Hall–Kier alpha value is -1.66. The van der Waals surface area contributed by atoms with Crippen LogP contribution in [0.25, 0.3) is 22.5 Å². The first kappa shape index (κ1) is 14.3. The molecule has 0 radical (unpaired) electrons. The topological polar surface area (TPSA) is 52.0 Å². The van der Waals surface area contributed by atoms with Crippen LogP contribution in [0, 0.1) is 5.82 Å². The summed E-state index contributed by atoms with van der Waals surface area (Å²) < 4.78 is 20.9. The molecule has 2 aromatic carbocycles. The molecule has 3 nitrogen and oxygen atoms in total. The highest BCUT2D eigenvalue weighted by atomic mass is 79.9. The Morgan fingerprint density at radius 3 is 2.57 bits per heavy atom. The Labute approximate surface area is 137 Å². The van der Waals surface area contributed by atoms with Gasteiger partial charge in [0.25, 0.3) is 0 Å². The number of hydrogen-bond acceptors (Lipinski definition) is 3. The minimum atomic E-state index is -0.400. The average molecular weight is 412 g/mol. The van der Waals surface area contributed by atoms with E-state index >= 15 is 0 Å². The van der Waals surface area contributed by atoms with Crippen molar-refractivity contribution in [2.45, 2.75) is 0 Å². The number of nitrogens with two attached hydrogens (primary N) is 1. The van der Waals surface area contributed by atoms with E-state index in [9.17, 15) is 4.39 Å². The number of hydrogen-bond donors (Lipinski definition) is 1. The van der Waals surface area contributed by atoms with Gasteiger partial charge in [0.15, 0.2) is 11.6 Å². The molecular weight excluding hydrogens is 403 g/mol. The summed E-state index contributed by atoms with van der Waals surface area (Å²) in [7, 11) is 0. The predicted molar refractivity (Wildman–Crippen MR) is 87.1 cm³/mol. The fourth-order valence-corrected chi connectivity index (χ4v) is 2.93.